The van der Waals surface area contributed by atoms with Crippen LogP contribution in [0.5, 0.6) is 0 Å². The van der Waals surface area contributed by atoms with Crippen LogP contribution >= 0.6 is 0 Å². The molecule has 5 aliphatic rings. The van der Waals surface area contributed by atoms with Crippen molar-refractivity contribution in [1.29, 1.82) is 0 Å². The maximum atomic E-state index is 14.0. The van der Waals surface area contributed by atoms with Crippen molar-refractivity contribution in [2.24, 2.45) is 52.3 Å². The Kier molecular flexibility index (Phi) is 9.29. The van der Waals surface area contributed by atoms with Crippen molar-refractivity contribution in [2.45, 2.75) is 117 Å². The maximum Gasteiger partial charge on any atom is 0.309 e. The molecule has 1 heterocycles. The molecule has 1 saturated heterocycles. The lowest BCUT2D eigenvalue weighted by atomic mass is 9.44. The minimum Gasteiger partial charge on any atom is -0.465 e. The van der Waals surface area contributed by atoms with Crippen LogP contribution in [0.25, 0.3) is 0 Å². The van der Waals surface area contributed by atoms with Crippen LogP contribution in [0.15, 0.2) is 0 Å². The monoisotopic (exact) mass is 600 g/mol. The highest BCUT2D eigenvalue weighted by Crippen LogP contribution is 2.66. The highest BCUT2D eigenvalue weighted by atomic mass is 16.6. The van der Waals surface area contributed by atoms with Gasteiger partial charge in [-0.15, -0.1) is 0 Å². The van der Waals surface area contributed by atoms with Crippen LogP contribution in [-0.4, -0.2) is 54.6 Å². The van der Waals surface area contributed by atoms with Crippen molar-refractivity contribution < 1.29 is 38.8 Å². The summed E-state index contributed by atoms with van der Waals surface area (Å²) in [6.45, 7) is 12.5. The highest BCUT2D eigenvalue weighted by molar-refractivity contribution is 5.93. The van der Waals surface area contributed by atoms with Crippen LogP contribution in [0.2, 0.25) is 0 Å². The standard InChI is InChI=1S/C35H53NO7/c1-21(6-9-30(40)42-17-13-31(41)43-33(2,3)22-11-15-36-16-12-22)25-7-8-26-32-27(20-29(39)35(25,26)5)34(4)14-10-24(37)18-23(34)19-28(32)38/h21-23,25-27,32,36H,6-20H2,1-5H3/p+1/t21-,23+,25-,26+,27+,32+,34+,35-/m1/s1. The second-order valence-electron chi connectivity index (χ2n) is 15.7. The highest BCUT2D eigenvalue weighted by Gasteiger charge is 2.66. The van der Waals surface area contributed by atoms with Crippen molar-refractivity contribution in [2.75, 3.05) is 19.7 Å². The number of hydrogen-bond donors (Lipinski definition) is 1. The van der Waals surface area contributed by atoms with E-state index in [1.165, 1.54) is 0 Å². The fourth-order valence-corrected chi connectivity index (χ4v) is 10.3. The third-order valence-corrected chi connectivity index (χ3v) is 13.1. The van der Waals surface area contributed by atoms with Crippen molar-refractivity contribution >= 4 is 29.3 Å². The number of nitrogens with two attached hydrogens (primary N) is 1. The van der Waals surface area contributed by atoms with Gasteiger partial charge in [-0.2, -0.15) is 0 Å². The Morgan fingerprint density at radius 1 is 0.953 bits per heavy atom. The molecule has 0 unspecified atom stereocenters. The zero-order valence-electron chi connectivity index (χ0n) is 27.1. The summed E-state index contributed by atoms with van der Waals surface area (Å²) in [5.74, 6) is 0.800. The number of esters is 2. The van der Waals surface area contributed by atoms with E-state index in [-0.39, 0.29) is 89.7 Å². The predicted octanol–water partition coefficient (Wildman–Crippen LogP) is 4.22. The zero-order chi connectivity index (χ0) is 31.2. The molecule has 0 aromatic rings. The number of ether oxygens (including phenoxy) is 2. The van der Waals surface area contributed by atoms with Gasteiger partial charge >= 0.3 is 11.9 Å². The van der Waals surface area contributed by atoms with Gasteiger partial charge in [0.1, 0.15) is 29.6 Å². The molecule has 8 heteroatoms. The molecule has 8 atom stereocenters. The molecular weight excluding hydrogens is 546 g/mol. The third kappa shape index (κ3) is 6.11. The molecule has 1 aliphatic heterocycles. The Morgan fingerprint density at radius 2 is 1.67 bits per heavy atom. The largest absolute Gasteiger partial charge is 0.465 e. The molecule has 0 amide bonds. The van der Waals surface area contributed by atoms with E-state index >= 15 is 0 Å². The van der Waals surface area contributed by atoms with E-state index in [0.29, 0.717) is 38.0 Å². The van der Waals surface area contributed by atoms with Crippen molar-refractivity contribution in [3.05, 3.63) is 0 Å². The topological polar surface area (TPSA) is 120 Å². The zero-order valence-corrected chi connectivity index (χ0v) is 27.1. The molecule has 0 bridgehead atoms. The first-order chi connectivity index (χ1) is 20.3. The number of carbonyl (C=O) groups excluding carboxylic acids is 5. The summed E-state index contributed by atoms with van der Waals surface area (Å²) in [4.78, 5) is 64.9. The number of piperidine rings is 1. The number of Topliss-reactive ketones (excluding diaryl/α,β-unsaturated/α-hetero) is 3. The summed E-state index contributed by atoms with van der Waals surface area (Å²) in [5, 5.41) is 2.29. The number of carbonyl (C=O) groups is 5. The van der Waals surface area contributed by atoms with Crippen LogP contribution < -0.4 is 5.32 Å². The fourth-order valence-electron chi connectivity index (χ4n) is 10.3. The molecule has 0 radical (unpaired) electrons. The van der Waals surface area contributed by atoms with Crippen LogP contribution in [0, 0.1) is 52.3 Å². The van der Waals surface area contributed by atoms with E-state index in [1.54, 1.807) is 0 Å². The van der Waals surface area contributed by atoms with Gasteiger partial charge in [-0.3, -0.25) is 24.0 Å². The average Bonchev–Trinajstić information content (AvgIpc) is 3.32. The quantitative estimate of drug-likeness (QED) is 0.394. The molecule has 5 rings (SSSR count). The molecule has 240 valence electrons. The molecule has 4 aliphatic carbocycles. The van der Waals surface area contributed by atoms with E-state index in [0.717, 1.165) is 45.2 Å². The average molecular weight is 601 g/mol. The number of rotatable bonds is 9. The Bertz CT molecular complexity index is 1130. The van der Waals surface area contributed by atoms with Crippen LogP contribution in [0.3, 0.4) is 0 Å². The Hall–Kier alpha value is -2.09. The van der Waals surface area contributed by atoms with E-state index in [1.807, 2.05) is 13.8 Å². The van der Waals surface area contributed by atoms with Gasteiger partial charge in [0.15, 0.2) is 0 Å². The second kappa shape index (κ2) is 12.4. The SMILES string of the molecule is C[C@H](CCC(=O)OCCC(=O)OC(C)(C)C1CC[NH2+]CC1)[C@H]1CC[C@H]2[C@@H]3C(=O)C[C@@H]4CC(=O)CC[C@]4(C)[C@H]3CC(=O)[C@]12C. The molecule has 8 nitrogen and oxygen atoms in total. The summed E-state index contributed by atoms with van der Waals surface area (Å²) >= 11 is 0. The van der Waals surface area contributed by atoms with E-state index in [9.17, 15) is 24.0 Å². The Morgan fingerprint density at radius 3 is 2.40 bits per heavy atom. The van der Waals surface area contributed by atoms with E-state index in [2.05, 4.69) is 26.1 Å². The number of ketones is 3. The Labute approximate surface area is 257 Å². The summed E-state index contributed by atoms with van der Waals surface area (Å²) in [7, 11) is 0. The van der Waals surface area contributed by atoms with E-state index in [4.69, 9.17) is 9.47 Å². The minimum atomic E-state index is -0.555. The van der Waals surface area contributed by atoms with Gasteiger partial charge in [-0.1, -0.05) is 20.8 Å². The van der Waals surface area contributed by atoms with Gasteiger partial charge in [0.2, 0.25) is 0 Å². The third-order valence-electron chi connectivity index (χ3n) is 13.1. The number of quaternary nitrogens is 1. The van der Waals surface area contributed by atoms with Gasteiger partial charge in [-0.05, 0) is 74.5 Å². The lowest BCUT2D eigenvalue weighted by Crippen LogP contribution is -2.86. The van der Waals surface area contributed by atoms with Crippen LogP contribution in [-0.2, 0) is 33.4 Å². The lowest BCUT2D eigenvalue weighted by Gasteiger charge is -2.58. The van der Waals surface area contributed by atoms with E-state index < -0.39 is 11.0 Å². The number of hydrogen-bond acceptors (Lipinski definition) is 7. The van der Waals surface area contributed by atoms with Crippen LogP contribution in [0.1, 0.15) is 112 Å². The van der Waals surface area contributed by atoms with Crippen LogP contribution in [0.4, 0.5) is 0 Å². The lowest BCUT2D eigenvalue weighted by molar-refractivity contribution is -0.665. The normalized spacial score (nSPS) is 37.2. The second-order valence-corrected chi connectivity index (χ2v) is 15.7. The molecule has 2 N–H and O–H groups in total. The molecule has 5 fully saturated rings. The summed E-state index contributed by atoms with van der Waals surface area (Å²) in [6, 6.07) is 0. The predicted molar refractivity (Wildman–Crippen MR) is 160 cm³/mol. The van der Waals surface area contributed by atoms with Crippen molar-refractivity contribution in [3.63, 3.8) is 0 Å². The van der Waals surface area contributed by atoms with Gasteiger partial charge in [0.05, 0.1) is 19.5 Å². The van der Waals surface area contributed by atoms with Gasteiger partial charge in [-0.25, -0.2) is 0 Å². The van der Waals surface area contributed by atoms with Gasteiger partial charge < -0.3 is 14.8 Å². The molecule has 0 spiro atoms. The number of fused-ring (bicyclic) bond motifs is 5. The first-order valence-corrected chi connectivity index (χ1v) is 17.0. The fraction of sp³-hybridized carbons (Fsp3) is 0.857. The molecule has 43 heavy (non-hydrogen) atoms. The van der Waals surface area contributed by atoms with Gasteiger partial charge in [0, 0.05) is 62.2 Å². The van der Waals surface area contributed by atoms with Crippen molar-refractivity contribution in [3.8, 4) is 0 Å². The van der Waals surface area contributed by atoms with Crippen molar-refractivity contribution in [1.82, 2.24) is 0 Å². The maximum absolute atomic E-state index is 14.0. The molecule has 4 saturated carbocycles. The summed E-state index contributed by atoms with van der Waals surface area (Å²) < 4.78 is 11.2. The molecule has 0 aromatic heterocycles. The first kappa shape index (κ1) is 32.3. The summed E-state index contributed by atoms with van der Waals surface area (Å²) in [5.41, 5.74) is -1.19. The first-order valence-electron chi connectivity index (χ1n) is 17.0. The van der Waals surface area contributed by atoms with Gasteiger partial charge in [0.25, 0.3) is 0 Å². The minimum absolute atomic E-state index is 0.0127. The summed E-state index contributed by atoms with van der Waals surface area (Å²) in [6.07, 6.45) is 7.45. The smallest absolute Gasteiger partial charge is 0.309 e. The molecule has 0 aromatic carbocycles. The molecular formula is C35H54NO7+. The Balaban J connectivity index is 1.12.